The summed E-state index contributed by atoms with van der Waals surface area (Å²) >= 11 is 6.56. The summed E-state index contributed by atoms with van der Waals surface area (Å²) in [6, 6.07) is 11.4. The van der Waals surface area contributed by atoms with Gasteiger partial charge in [0.15, 0.2) is 0 Å². The number of likely N-dealkylation sites (tertiary alicyclic amines) is 1. The third-order valence-electron chi connectivity index (χ3n) is 8.25. The fourth-order valence-corrected chi connectivity index (χ4v) is 6.02. The standard InChI is InChI=1S/C28H37ClN6O2/c1-36-22-9-12-35(17-22)21-7-5-20(6-8-21)33-27-15-23(24(29)16-31-27)25-3-2-4-26(34-25)32-19-28(18-30)10-13-37-14-11-28/h2-4,15-16,20-22H,5-14,17,19H2,1H3,(H,31,33)(H,32,34)/t20-,21-,22-/m1/s1. The molecule has 0 spiro atoms. The largest absolute Gasteiger partial charge is 0.381 e. The second-order valence-corrected chi connectivity index (χ2v) is 11.0. The molecular weight excluding hydrogens is 488 g/mol. The molecule has 37 heavy (non-hydrogen) atoms. The molecule has 1 atom stereocenters. The van der Waals surface area contributed by atoms with Crippen LogP contribution in [-0.4, -0.2) is 73.0 Å². The summed E-state index contributed by atoms with van der Waals surface area (Å²) in [6.07, 6.45) is 9.34. The van der Waals surface area contributed by atoms with Crippen LogP contribution in [0.1, 0.15) is 44.9 Å². The van der Waals surface area contributed by atoms with Crippen LogP contribution in [0.3, 0.4) is 0 Å². The molecule has 2 saturated heterocycles. The van der Waals surface area contributed by atoms with Crippen LogP contribution in [0.4, 0.5) is 11.6 Å². The van der Waals surface area contributed by atoms with Gasteiger partial charge < -0.3 is 20.1 Å². The molecule has 0 bridgehead atoms. The zero-order chi connectivity index (χ0) is 25.7. The molecule has 3 fully saturated rings. The Kier molecular flexibility index (Phi) is 8.46. The van der Waals surface area contributed by atoms with Crippen LogP contribution in [-0.2, 0) is 9.47 Å². The second kappa shape index (κ2) is 12.0. The van der Waals surface area contributed by atoms with E-state index < -0.39 is 5.41 Å². The zero-order valence-corrected chi connectivity index (χ0v) is 22.3. The first-order chi connectivity index (χ1) is 18.1. The SMILES string of the molecule is CO[C@@H]1CCN([C@H]2CC[C@H](Nc3cc(-c4cccc(NCC5(C#N)CCOCC5)n4)c(Cl)cn3)CC2)C1. The van der Waals surface area contributed by atoms with Crippen LogP contribution in [0.5, 0.6) is 0 Å². The Labute approximate surface area is 224 Å². The summed E-state index contributed by atoms with van der Waals surface area (Å²) in [7, 11) is 1.82. The van der Waals surface area contributed by atoms with E-state index in [2.05, 4.69) is 26.6 Å². The average molecular weight is 525 g/mol. The van der Waals surface area contributed by atoms with Crippen molar-refractivity contribution in [2.45, 2.75) is 63.1 Å². The van der Waals surface area contributed by atoms with Crippen molar-refractivity contribution < 1.29 is 9.47 Å². The van der Waals surface area contributed by atoms with Crippen LogP contribution in [0.15, 0.2) is 30.5 Å². The summed E-state index contributed by atoms with van der Waals surface area (Å²) in [5.41, 5.74) is 1.21. The van der Waals surface area contributed by atoms with E-state index in [1.165, 1.54) is 12.8 Å². The lowest BCUT2D eigenvalue weighted by Gasteiger charge is -2.35. The van der Waals surface area contributed by atoms with Crippen molar-refractivity contribution in [3.63, 3.8) is 0 Å². The van der Waals surface area contributed by atoms with Crippen LogP contribution < -0.4 is 10.6 Å². The zero-order valence-electron chi connectivity index (χ0n) is 21.6. The number of ether oxygens (including phenoxy) is 2. The maximum absolute atomic E-state index is 9.74. The third kappa shape index (κ3) is 6.35. The van der Waals surface area contributed by atoms with E-state index in [-0.39, 0.29) is 0 Å². The van der Waals surface area contributed by atoms with Crippen molar-refractivity contribution in [3.05, 3.63) is 35.5 Å². The predicted molar refractivity (Wildman–Crippen MR) is 146 cm³/mol. The fourth-order valence-electron chi connectivity index (χ4n) is 5.82. The summed E-state index contributed by atoms with van der Waals surface area (Å²) < 4.78 is 11.0. The molecule has 5 rings (SSSR count). The second-order valence-electron chi connectivity index (χ2n) is 10.6. The molecule has 8 nitrogen and oxygen atoms in total. The minimum Gasteiger partial charge on any atom is -0.381 e. The van der Waals surface area contributed by atoms with Crippen molar-refractivity contribution in [2.75, 3.05) is 50.6 Å². The lowest BCUT2D eigenvalue weighted by Crippen LogP contribution is -2.39. The Morgan fingerprint density at radius 1 is 1.19 bits per heavy atom. The lowest BCUT2D eigenvalue weighted by molar-refractivity contribution is 0.0455. The number of methoxy groups -OCH3 is 1. The van der Waals surface area contributed by atoms with E-state index in [4.69, 9.17) is 26.1 Å². The molecule has 0 aromatic carbocycles. The molecule has 1 saturated carbocycles. The van der Waals surface area contributed by atoms with Gasteiger partial charge in [-0.3, -0.25) is 4.90 Å². The highest BCUT2D eigenvalue weighted by atomic mass is 35.5. The van der Waals surface area contributed by atoms with Gasteiger partial charge >= 0.3 is 0 Å². The molecule has 4 heterocycles. The fraction of sp³-hybridized carbons (Fsp3) is 0.607. The van der Waals surface area contributed by atoms with Gasteiger partial charge in [-0.05, 0) is 63.1 Å². The monoisotopic (exact) mass is 524 g/mol. The number of halogens is 1. The van der Waals surface area contributed by atoms with Gasteiger partial charge in [0, 0.05) is 63.8 Å². The molecule has 198 valence electrons. The van der Waals surface area contributed by atoms with E-state index in [1.54, 1.807) is 6.20 Å². The number of rotatable bonds is 8. The Hall–Kier alpha value is -2.44. The number of pyridine rings is 2. The molecular formula is C28H37ClN6O2. The number of nitriles is 1. The van der Waals surface area contributed by atoms with Gasteiger partial charge in [-0.1, -0.05) is 17.7 Å². The highest BCUT2D eigenvalue weighted by Crippen LogP contribution is 2.33. The van der Waals surface area contributed by atoms with Gasteiger partial charge in [-0.2, -0.15) is 5.26 Å². The number of aromatic nitrogens is 2. The lowest BCUT2D eigenvalue weighted by atomic mass is 9.82. The van der Waals surface area contributed by atoms with E-state index >= 15 is 0 Å². The summed E-state index contributed by atoms with van der Waals surface area (Å²) in [5.74, 6) is 1.56. The van der Waals surface area contributed by atoms with Gasteiger partial charge in [-0.15, -0.1) is 0 Å². The van der Waals surface area contributed by atoms with Crippen molar-refractivity contribution in [3.8, 4) is 17.3 Å². The minimum absolute atomic E-state index is 0.393. The maximum Gasteiger partial charge on any atom is 0.126 e. The quantitative estimate of drug-likeness (QED) is 0.499. The third-order valence-corrected chi connectivity index (χ3v) is 8.55. The van der Waals surface area contributed by atoms with Gasteiger partial charge in [-0.25, -0.2) is 9.97 Å². The molecule has 2 aromatic heterocycles. The predicted octanol–water partition coefficient (Wildman–Crippen LogP) is 4.97. The van der Waals surface area contributed by atoms with Crippen molar-refractivity contribution in [1.82, 2.24) is 14.9 Å². The van der Waals surface area contributed by atoms with Gasteiger partial charge in [0.1, 0.15) is 11.6 Å². The number of nitrogens with one attached hydrogen (secondary N) is 2. The highest BCUT2D eigenvalue weighted by Gasteiger charge is 2.33. The molecule has 0 unspecified atom stereocenters. The minimum atomic E-state index is -0.416. The topological polar surface area (TPSA) is 95.3 Å². The van der Waals surface area contributed by atoms with Crippen molar-refractivity contribution in [1.29, 1.82) is 5.26 Å². The molecule has 0 radical (unpaired) electrons. The Bertz CT molecular complexity index is 1090. The summed E-state index contributed by atoms with van der Waals surface area (Å²) in [4.78, 5) is 12.0. The average Bonchev–Trinajstić information content (AvgIpc) is 3.44. The Morgan fingerprint density at radius 2 is 2.00 bits per heavy atom. The molecule has 2 N–H and O–H groups in total. The molecule has 2 aromatic rings. The van der Waals surface area contributed by atoms with E-state index in [9.17, 15) is 5.26 Å². The van der Waals surface area contributed by atoms with E-state index in [0.29, 0.717) is 43.0 Å². The maximum atomic E-state index is 9.74. The number of hydrogen-bond acceptors (Lipinski definition) is 8. The molecule has 1 aliphatic carbocycles. The van der Waals surface area contributed by atoms with Gasteiger partial charge in [0.2, 0.25) is 0 Å². The van der Waals surface area contributed by atoms with Crippen molar-refractivity contribution in [2.24, 2.45) is 5.41 Å². The van der Waals surface area contributed by atoms with E-state index in [1.807, 2.05) is 31.4 Å². The first-order valence-electron chi connectivity index (χ1n) is 13.5. The van der Waals surface area contributed by atoms with E-state index in [0.717, 1.165) is 68.1 Å². The Balaban J connectivity index is 1.20. The number of nitrogens with zero attached hydrogens (tertiary/aromatic N) is 4. The van der Waals surface area contributed by atoms with Gasteiger partial charge in [0.05, 0.1) is 28.3 Å². The molecule has 2 aliphatic heterocycles. The normalized spacial score (nSPS) is 25.9. The van der Waals surface area contributed by atoms with Crippen LogP contribution >= 0.6 is 11.6 Å². The Morgan fingerprint density at radius 3 is 2.73 bits per heavy atom. The van der Waals surface area contributed by atoms with Crippen LogP contribution in [0.2, 0.25) is 5.02 Å². The highest BCUT2D eigenvalue weighted by molar-refractivity contribution is 6.33. The summed E-state index contributed by atoms with van der Waals surface area (Å²) in [6.45, 7) is 4.01. The number of hydrogen-bond donors (Lipinski definition) is 2. The molecule has 0 amide bonds. The smallest absolute Gasteiger partial charge is 0.126 e. The first-order valence-corrected chi connectivity index (χ1v) is 13.8. The van der Waals surface area contributed by atoms with Crippen LogP contribution in [0.25, 0.3) is 11.3 Å². The molecule has 3 aliphatic rings. The van der Waals surface area contributed by atoms with Crippen LogP contribution in [0, 0.1) is 16.7 Å². The molecule has 9 heteroatoms. The number of anilines is 2. The summed E-state index contributed by atoms with van der Waals surface area (Å²) in [5, 5.41) is 17.3. The first kappa shape index (κ1) is 26.2. The van der Waals surface area contributed by atoms with Gasteiger partial charge in [0.25, 0.3) is 0 Å². The van der Waals surface area contributed by atoms with Crippen molar-refractivity contribution >= 4 is 23.2 Å².